The molecular formula is C13H16ClFN2O. The van der Waals surface area contributed by atoms with Gasteiger partial charge < -0.3 is 4.90 Å². The monoisotopic (exact) mass is 270 g/mol. The number of rotatable bonds is 2. The van der Waals surface area contributed by atoms with E-state index >= 15 is 0 Å². The zero-order valence-corrected chi connectivity index (χ0v) is 11.2. The van der Waals surface area contributed by atoms with Gasteiger partial charge in [0.25, 0.3) is 0 Å². The van der Waals surface area contributed by atoms with Gasteiger partial charge in [-0.15, -0.1) is 0 Å². The van der Waals surface area contributed by atoms with Crippen LogP contribution in [0.25, 0.3) is 0 Å². The van der Waals surface area contributed by atoms with Crippen molar-refractivity contribution in [2.45, 2.75) is 6.04 Å². The Labute approximate surface area is 111 Å². The van der Waals surface area contributed by atoms with E-state index in [0.717, 1.165) is 13.1 Å². The number of likely N-dealkylation sites (N-methyl/N-ethyl adjacent to an activating group) is 2. The standard InChI is InChI=1S/C13H16ClFN2O/c1-16-5-6-17(2)12(8-16)13(18)10-7-9(15)3-4-11(10)14/h3-4,7,12H,5-6,8H2,1-2H3. The minimum atomic E-state index is -0.436. The van der Waals surface area contributed by atoms with E-state index in [1.54, 1.807) is 0 Å². The molecule has 5 heteroatoms. The van der Waals surface area contributed by atoms with Gasteiger partial charge in [-0.05, 0) is 32.3 Å². The van der Waals surface area contributed by atoms with E-state index in [1.807, 2.05) is 19.0 Å². The van der Waals surface area contributed by atoms with Gasteiger partial charge in [-0.25, -0.2) is 4.39 Å². The smallest absolute Gasteiger partial charge is 0.182 e. The van der Waals surface area contributed by atoms with Gasteiger partial charge in [0.1, 0.15) is 5.82 Å². The molecule has 0 aliphatic carbocycles. The summed E-state index contributed by atoms with van der Waals surface area (Å²) in [5.74, 6) is -0.553. The van der Waals surface area contributed by atoms with E-state index in [1.165, 1.54) is 18.2 Å². The van der Waals surface area contributed by atoms with Crippen LogP contribution in [0.1, 0.15) is 10.4 Å². The second-order valence-corrected chi connectivity index (χ2v) is 5.15. The van der Waals surface area contributed by atoms with E-state index in [0.29, 0.717) is 11.6 Å². The number of hydrogen-bond acceptors (Lipinski definition) is 3. The lowest BCUT2D eigenvalue weighted by Gasteiger charge is -2.36. The van der Waals surface area contributed by atoms with Crippen molar-refractivity contribution in [1.29, 1.82) is 0 Å². The molecule has 2 rings (SSSR count). The van der Waals surface area contributed by atoms with Crippen molar-refractivity contribution in [2.24, 2.45) is 0 Å². The van der Waals surface area contributed by atoms with Crippen LogP contribution in [-0.4, -0.2) is 55.4 Å². The molecule has 1 heterocycles. The molecule has 0 aromatic heterocycles. The van der Waals surface area contributed by atoms with Crippen molar-refractivity contribution in [2.75, 3.05) is 33.7 Å². The van der Waals surface area contributed by atoms with Crippen LogP contribution in [0.4, 0.5) is 4.39 Å². The van der Waals surface area contributed by atoms with Crippen LogP contribution in [0, 0.1) is 5.82 Å². The number of benzene rings is 1. The van der Waals surface area contributed by atoms with Crippen LogP contribution in [0.2, 0.25) is 5.02 Å². The summed E-state index contributed by atoms with van der Waals surface area (Å²) in [7, 11) is 3.88. The first-order valence-electron chi connectivity index (χ1n) is 5.87. The first-order chi connectivity index (χ1) is 8.49. The van der Waals surface area contributed by atoms with Crippen LogP contribution in [-0.2, 0) is 0 Å². The number of carbonyl (C=O) groups excluding carboxylic acids is 1. The average Bonchev–Trinajstić information content (AvgIpc) is 2.34. The molecule has 1 aromatic carbocycles. The zero-order valence-electron chi connectivity index (χ0n) is 10.5. The Morgan fingerprint density at radius 2 is 2.11 bits per heavy atom. The van der Waals surface area contributed by atoms with Gasteiger partial charge in [-0.3, -0.25) is 9.69 Å². The lowest BCUT2D eigenvalue weighted by Crippen LogP contribution is -2.53. The summed E-state index contributed by atoms with van der Waals surface area (Å²) in [4.78, 5) is 16.5. The summed E-state index contributed by atoms with van der Waals surface area (Å²) < 4.78 is 13.2. The third-order valence-electron chi connectivity index (χ3n) is 3.35. The number of nitrogens with zero attached hydrogens (tertiary/aromatic N) is 2. The van der Waals surface area contributed by atoms with Crippen LogP contribution in [0.3, 0.4) is 0 Å². The van der Waals surface area contributed by atoms with Gasteiger partial charge in [-0.2, -0.15) is 0 Å². The minimum absolute atomic E-state index is 0.117. The Kier molecular flexibility index (Phi) is 4.00. The van der Waals surface area contributed by atoms with Crippen molar-refractivity contribution in [1.82, 2.24) is 9.80 Å². The average molecular weight is 271 g/mol. The highest BCUT2D eigenvalue weighted by Crippen LogP contribution is 2.21. The molecule has 0 saturated carbocycles. The van der Waals surface area contributed by atoms with Gasteiger partial charge in [0, 0.05) is 25.2 Å². The second kappa shape index (κ2) is 5.34. The number of piperazine rings is 1. The van der Waals surface area contributed by atoms with Crippen LogP contribution < -0.4 is 0 Å². The molecule has 1 unspecified atom stereocenters. The molecule has 0 amide bonds. The maximum Gasteiger partial charge on any atom is 0.182 e. The predicted octanol–water partition coefficient (Wildman–Crippen LogP) is 1.91. The molecule has 0 bridgehead atoms. The molecule has 1 atom stereocenters. The Bertz CT molecular complexity index is 466. The molecule has 1 fully saturated rings. The fourth-order valence-corrected chi connectivity index (χ4v) is 2.37. The Morgan fingerprint density at radius 1 is 1.39 bits per heavy atom. The van der Waals surface area contributed by atoms with E-state index in [9.17, 15) is 9.18 Å². The number of Topliss-reactive ketones (excluding diaryl/α,β-unsaturated/α-hetero) is 1. The molecule has 0 radical (unpaired) electrons. The maximum absolute atomic E-state index is 13.2. The van der Waals surface area contributed by atoms with Gasteiger partial charge in [0.05, 0.1) is 11.1 Å². The van der Waals surface area contributed by atoms with E-state index in [4.69, 9.17) is 11.6 Å². The first kappa shape index (κ1) is 13.5. The summed E-state index contributed by atoms with van der Waals surface area (Å²) in [6.45, 7) is 2.39. The lowest BCUT2D eigenvalue weighted by molar-refractivity contribution is 0.0686. The molecule has 1 aliphatic rings. The molecule has 1 saturated heterocycles. The fourth-order valence-electron chi connectivity index (χ4n) is 2.16. The molecule has 1 aliphatic heterocycles. The lowest BCUT2D eigenvalue weighted by atomic mass is 10.0. The highest BCUT2D eigenvalue weighted by molar-refractivity contribution is 6.34. The van der Waals surface area contributed by atoms with Crippen molar-refractivity contribution >= 4 is 17.4 Å². The fraction of sp³-hybridized carbons (Fsp3) is 0.462. The number of ketones is 1. The number of halogens is 2. The summed E-state index contributed by atoms with van der Waals surface area (Å²) in [6.07, 6.45) is 0. The first-order valence-corrected chi connectivity index (χ1v) is 6.25. The highest BCUT2D eigenvalue weighted by atomic mass is 35.5. The van der Waals surface area contributed by atoms with Crippen LogP contribution in [0.5, 0.6) is 0 Å². The molecule has 0 N–H and O–H groups in total. The van der Waals surface area contributed by atoms with Gasteiger partial charge in [0.15, 0.2) is 5.78 Å². The summed E-state index contributed by atoms with van der Waals surface area (Å²) in [6, 6.07) is 3.64. The van der Waals surface area contributed by atoms with Crippen LogP contribution >= 0.6 is 11.6 Å². The van der Waals surface area contributed by atoms with Crippen molar-refractivity contribution in [3.63, 3.8) is 0 Å². The topological polar surface area (TPSA) is 23.6 Å². The Hall–Kier alpha value is -0.970. The highest BCUT2D eigenvalue weighted by Gasteiger charge is 2.30. The number of hydrogen-bond donors (Lipinski definition) is 0. The quantitative estimate of drug-likeness (QED) is 0.767. The van der Waals surface area contributed by atoms with Gasteiger partial charge >= 0.3 is 0 Å². The van der Waals surface area contributed by atoms with E-state index < -0.39 is 5.82 Å². The summed E-state index contributed by atoms with van der Waals surface area (Å²) >= 11 is 5.97. The molecular weight excluding hydrogens is 255 g/mol. The zero-order chi connectivity index (χ0) is 13.3. The summed E-state index contributed by atoms with van der Waals surface area (Å²) in [5.41, 5.74) is 0.267. The van der Waals surface area contributed by atoms with Gasteiger partial charge in [0.2, 0.25) is 0 Å². The third kappa shape index (κ3) is 2.71. The molecule has 98 valence electrons. The predicted molar refractivity (Wildman–Crippen MR) is 69.7 cm³/mol. The van der Waals surface area contributed by atoms with Gasteiger partial charge in [-0.1, -0.05) is 11.6 Å². The molecule has 3 nitrogen and oxygen atoms in total. The largest absolute Gasteiger partial charge is 0.303 e. The molecule has 18 heavy (non-hydrogen) atoms. The van der Waals surface area contributed by atoms with Crippen molar-refractivity contribution in [3.05, 3.63) is 34.6 Å². The van der Waals surface area contributed by atoms with E-state index in [2.05, 4.69) is 4.90 Å². The van der Waals surface area contributed by atoms with E-state index in [-0.39, 0.29) is 17.4 Å². The third-order valence-corrected chi connectivity index (χ3v) is 3.68. The van der Waals surface area contributed by atoms with Crippen molar-refractivity contribution in [3.8, 4) is 0 Å². The minimum Gasteiger partial charge on any atom is -0.303 e. The Balaban J connectivity index is 2.27. The SMILES string of the molecule is CN1CCN(C)C(C(=O)c2cc(F)ccc2Cl)C1. The molecule has 0 spiro atoms. The normalized spacial score (nSPS) is 22.1. The maximum atomic E-state index is 13.2. The number of carbonyl (C=O) groups is 1. The molecule has 1 aromatic rings. The second-order valence-electron chi connectivity index (χ2n) is 4.75. The summed E-state index contributed by atoms with van der Waals surface area (Å²) in [5, 5.41) is 0.308. The van der Waals surface area contributed by atoms with Crippen LogP contribution in [0.15, 0.2) is 18.2 Å². The Morgan fingerprint density at radius 3 is 2.83 bits per heavy atom. The van der Waals surface area contributed by atoms with Crippen molar-refractivity contribution < 1.29 is 9.18 Å².